The van der Waals surface area contributed by atoms with E-state index in [4.69, 9.17) is 0 Å². The highest BCUT2D eigenvalue weighted by molar-refractivity contribution is 7.10. The van der Waals surface area contributed by atoms with Crippen molar-refractivity contribution in [2.75, 3.05) is 26.2 Å². The molecule has 1 fully saturated rings. The van der Waals surface area contributed by atoms with E-state index in [1.165, 1.54) is 17.7 Å². The minimum atomic E-state index is -0.0700. The summed E-state index contributed by atoms with van der Waals surface area (Å²) >= 11 is 1.78. The van der Waals surface area contributed by atoms with Gasteiger partial charge >= 0.3 is 6.03 Å². The highest BCUT2D eigenvalue weighted by Crippen LogP contribution is 2.28. The fourth-order valence-electron chi connectivity index (χ4n) is 2.64. The molecule has 5 heteroatoms. The first-order valence-corrected chi connectivity index (χ1v) is 8.37. The molecule has 1 atom stereocenters. The van der Waals surface area contributed by atoms with Crippen molar-refractivity contribution in [3.8, 4) is 0 Å². The second-order valence-corrected chi connectivity index (χ2v) is 6.47. The van der Waals surface area contributed by atoms with Crippen molar-refractivity contribution in [2.24, 2.45) is 5.92 Å². The van der Waals surface area contributed by atoms with Crippen LogP contribution in [0, 0.1) is 5.92 Å². The maximum absolute atomic E-state index is 11.6. The maximum atomic E-state index is 11.6. The summed E-state index contributed by atoms with van der Waals surface area (Å²) in [5, 5.41) is 7.90. The van der Waals surface area contributed by atoms with Gasteiger partial charge in [0.1, 0.15) is 0 Å². The summed E-state index contributed by atoms with van der Waals surface area (Å²) in [6.07, 6.45) is 2.51. The van der Waals surface area contributed by atoms with Crippen molar-refractivity contribution in [1.82, 2.24) is 15.5 Å². The molecule has 0 bridgehead atoms. The number of hydrogen-bond acceptors (Lipinski definition) is 3. The quantitative estimate of drug-likeness (QED) is 0.877. The molecule has 1 aromatic heterocycles. The Kier molecular flexibility index (Phi) is 5.86. The van der Waals surface area contributed by atoms with Crippen molar-refractivity contribution in [2.45, 2.75) is 32.7 Å². The Morgan fingerprint density at radius 2 is 2.20 bits per heavy atom. The highest BCUT2D eigenvalue weighted by atomic mass is 32.1. The van der Waals surface area contributed by atoms with Crippen molar-refractivity contribution in [3.63, 3.8) is 0 Å². The van der Waals surface area contributed by atoms with Crippen LogP contribution in [0.4, 0.5) is 4.79 Å². The predicted octanol–water partition coefficient (Wildman–Crippen LogP) is 2.84. The molecule has 20 heavy (non-hydrogen) atoms. The molecule has 0 aliphatic carbocycles. The first-order chi connectivity index (χ1) is 9.70. The number of nitrogens with one attached hydrogen (secondary N) is 2. The molecule has 1 aromatic rings. The number of likely N-dealkylation sites (tertiary alicyclic amines) is 1. The minimum absolute atomic E-state index is 0.0700. The molecule has 1 aliphatic rings. The average Bonchev–Trinajstić information content (AvgIpc) is 2.95. The van der Waals surface area contributed by atoms with Crippen LogP contribution in [0.15, 0.2) is 17.5 Å². The molecule has 2 heterocycles. The van der Waals surface area contributed by atoms with Gasteiger partial charge in [-0.05, 0) is 50.2 Å². The Hall–Kier alpha value is -1.07. The number of rotatable bonds is 5. The average molecular weight is 295 g/mol. The van der Waals surface area contributed by atoms with Gasteiger partial charge in [-0.1, -0.05) is 13.0 Å². The van der Waals surface area contributed by atoms with Gasteiger partial charge in [-0.3, -0.25) is 4.90 Å². The number of carbonyl (C=O) groups excluding carboxylic acids is 1. The smallest absolute Gasteiger partial charge is 0.314 e. The molecule has 4 nitrogen and oxygen atoms in total. The van der Waals surface area contributed by atoms with Gasteiger partial charge in [0, 0.05) is 18.0 Å². The van der Waals surface area contributed by atoms with Gasteiger partial charge < -0.3 is 10.6 Å². The van der Waals surface area contributed by atoms with Crippen LogP contribution in [-0.4, -0.2) is 37.1 Å². The van der Waals surface area contributed by atoms with Gasteiger partial charge in [0.2, 0.25) is 0 Å². The first kappa shape index (κ1) is 15.3. The molecular formula is C15H25N3OS. The number of carbonyl (C=O) groups is 1. The van der Waals surface area contributed by atoms with E-state index in [0.717, 1.165) is 19.0 Å². The molecule has 0 aromatic carbocycles. The summed E-state index contributed by atoms with van der Waals surface area (Å²) < 4.78 is 0. The number of amides is 2. The molecule has 2 amide bonds. The van der Waals surface area contributed by atoms with Crippen LogP contribution in [0.2, 0.25) is 0 Å². The van der Waals surface area contributed by atoms with Crippen molar-refractivity contribution >= 4 is 17.4 Å². The Morgan fingerprint density at radius 1 is 1.45 bits per heavy atom. The normalized spacial score (nSPS) is 18.7. The second-order valence-electron chi connectivity index (χ2n) is 5.49. The molecule has 112 valence electrons. The minimum Gasteiger partial charge on any atom is -0.338 e. The number of nitrogens with zero attached hydrogens (tertiary/aromatic N) is 1. The number of thiophene rings is 1. The van der Waals surface area contributed by atoms with Crippen LogP contribution in [0.5, 0.6) is 0 Å². The van der Waals surface area contributed by atoms with Crippen LogP contribution >= 0.6 is 11.3 Å². The number of hydrogen-bond donors (Lipinski definition) is 2. The lowest BCUT2D eigenvalue weighted by Crippen LogP contribution is -2.44. The first-order valence-electron chi connectivity index (χ1n) is 7.49. The molecule has 0 radical (unpaired) electrons. The van der Waals surface area contributed by atoms with Crippen LogP contribution in [0.25, 0.3) is 0 Å². The van der Waals surface area contributed by atoms with Gasteiger partial charge in [-0.15, -0.1) is 11.3 Å². The third-order valence-corrected chi connectivity index (χ3v) is 4.90. The monoisotopic (exact) mass is 295 g/mol. The van der Waals surface area contributed by atoms with Crippen LogP contribution < -0.4 is 10.6 Å². The Balaban J connectivity index is 1.96. The molecule has 0 saturated carbocycles. The lowest BCUT2D eigenvalue weighted by molar-refractivity contribution is 0.138. The SMILES string of the molecule is CCNC(=O)NCC(c1cccs1)N1CCC(C)CC1. The Morgan fingerprint density at radius 3 is 2.80 bits per heavy atom. The standard InChI is InChI=1S/C15H25N3OS/c1-3-16-15(19)17-11-13(14-5-4-10-20-14)18-8-6-12(2)7-9-18/h4-5,10,12-13H,3,6-9,11H2,1-2H3,(H2,16,17,19). The van der Waals surface area contributed by atoms with E-state index in [1.807, 2.05) is 6.92 Å². The van der Waals surface area contributed by atoms with Crippen LogP contribution in [0.3, 0.4) is 0 Å². The fraction of sp³-hybridized carbons (Fsp3) is 0.667. The van der Waals surface area contributed by atoms with Gasteiger partial charge in [-0.25, -0.2) is 4.79 Å². The van der Waals surface area contributed by atoms with E-state index in [9.17, 15) is 4.79 Å². The van der Waals surface area contributed by atoms with Crippen molar-refractivity contribution < 1.29 is 4.79 Å². The van der Waals surface area contributed by atoms with E-state index >= 15 is 0 Å². The van der Waals surface area contributed by atoms with E-state index in [0.29, 0.717) is 19.1 Å². The molecule has 1 unspecified atom stereocenters. The van der Waals surface area contributed by atoms with Crippen LogP contribution in [0.1, 0.15) is 37.6 Å². The zero-order valence-corrected chi connectivity index (χ0v) is 13.2. The van der Waals surface area contributed by atoms with Crippen molar-refractivity contribution in [3.05, 3.63) is 22.4 Å². The second kappa shape index (κ2) is 7.64. The van der Waals surface area contributed by atoms with E-state index < -0.39 is 0 Å². The number of urea groups is 1. The zero-order chi connectivity index (χ0) is 14.4. The lowest BCUT2D eigenvalue weighted by Gasteiger charge is -2.36. The molecule has 2 rings (SSSR count). The third kappa shape index (κ3) is 4.21. The van der Waals surface area contributed by atoms with Crippen molar-refractivity contribution in [1.29, 1.82) is 0 Å². The molecule has 1 saturated heterocycles. The summed E-state index contributed by atoms with van der Waals surface area (Å²) in [6, 6.07) is 4.50. The summed E-state index contributed by atoms with van der Waals surface area (Å²) in [5.41, 5.74) is 0. The summed E-state index contributed by atoms with van der Waals surface area (Å²) in [7, 11) is 0. The molecular weight excluding hydrogens is 270 g/mol. The van der Waals surface area contributed by atoms with Gasteiger partial charge in [0.05, 0.1) is 6.04 Å². The fourth-order valence-corrected chi connectivity index (χ4v) is 3.50. The van der Waals surface area contributed by atoms with Gasteiger partial charge in [0.15, 0.2) is 0 Å². The highest BCUT2D eigenvalue weighted by Gasteiger charge is 2.25. The van der Waals surface area contributed by atoms with Crippen LogP contribution in [-0.2, 0) is 0 Å². The largest absolute Gasteiger partial charge is 0.338 e. The molecule has 1 aliphatic heterocycles. The summed E-state index contributed by atoms with van der Waals surface area (Å²) in [5.74, 6) is 0.826. The topological polar surface area (TPSA) is 44.4 Å². The Bertz CT molecular complexity index is 399. The lowest BCUT2D eigenvalue weighted by atomic mass is 9.97. The van der Waals surface area contributed by atoms with Gasteiger partial charge in [0.25, 0.3) is 0 Å². The summed E-state index contributed by atoms with van der Waals surface area (Å²) in [4.78, 5) is 15.5. The maximum Gasteiger partial charge on any atom is 0.314 e. The third-order valence-electron chi connectivity index (χ3n) is 3.92. The summed E-state index contributed by atoms with van der Waals surface area (Å²) in [6.45, 7) is 7.85. The van der Waals surface area contributed by atoms with E-state index in [2.05, 4.69) is 40.0 Å². The zero-order valence-electron chi connectivity index (χ0n) is 12.4. The van der Waals surface area contributed by atoms with E-state index in [-0.39, 0.29) is 6.03 Å². The molecule has 2 N–H and O–H groups in total. The Labute approximate surface area is 125 Å². The number of piperidine rings is 1. The van der Waals surface area contributed by atoms with E-state index in [1.54, 1.807) is 11.3 Å². The predicted molar refractivity (Wildman–Crippen MR) is 84.1 cm³/mol. The van der Waals surface area contributed by atoms with Gasteiger partial charge in [-0.2, -0.15) is 0 Å². The molecule has 0 spiro atoms.